The molecule has 3 nitrogen and oxygen atoms in total. The molecule has 0 heterocycles. The minimum absolute atomic E-state index is 0. The SMILES string of the molecule is O=S(=O)(O)c1ccc(Cl)c(Cl)c1Cl.[NaH]. The number of hydrogen-bond donors (Lipinski definition) is 1. The molecule has 0 saturated carbocycles. The van der Waals surface area contributed by atoms with Crippen LogP contribution in [0.5, 0.6) is 0 Å². The maximum absolute atomic E-state index is 10.7. The standard InChI is InChI=1S/C6H3Cl3O3S.Na.H/c7-3-1-2-4(13(10,11)12)6(9)5(3)8;;/h1-2H,(H,10,11,12);;. The predicted molar refractivity (Wildman–Crippen MR) is 58.4 cm³/mol. The molecule has 0 aliphatic rings. The van der Waals surface area contributed by atoms with Crippen molar-refractivity contribution in [3.63, 3.8) is 0 Å². The fraction of sp³-hybridized carbons (Fsp3) is 0. The van der Waals surface area contributed by atoms with Gasteiger partial charge in [-0.25, -0.2) is 0 Å². The van der Waals surface area contributed by atoms with Crippen molar-refractivity contribution in [2.45, 2.75) is 4.90 Å². The molecule has 0 spiro atoms. The van der Waals surface area contributed by atoms with Crippen molar-refractivity contribution in [2.75, 3.05) is 0 Å². The molecule has 1 aromatic carbocycles. The molecule has 0 bridgehead atoms. The van der Waals surface area contributed by atoms with Crippen molar-refractivity contribution in [1.82, 2.24) is 0 Å². The molecule has 1 rings (SSSR count). The summed E-state index contributed by atoms with van der Waals surface area (Å²) in [5.41, 5.74) is 0. The van der Waals surface area contributed by atoms with Gasteiger partial charge in [0.25, 0.3) is 10.1 Å². The van der Waals surface area contributed by atoms with Crippen molar-refractivity contribution in [3.8, 4) is 0 Å². The van der Waals surface area contributed by atoms with E-state index in [0.29, 0.717) is 0 Å². The Labute approximate surface area is 118 Å². The van der Waals surface area contributed by atoms with Crippen LogP contribution in [0.25, 0.3) is 0 Å². The van der Waals surface area contributed by atoms with Crippen LogP contribution in [0.3, 0.4) is 0 Å². The van der Waals surface area contributed by atoms with Gasteiger partial charge in [0.05, 0.1) is 15.1 Å². The monoisotopic (exact) mass is 284 g/mol. The van der Waals surface area contributed by atoms with Gasteiger partial charge in [-0.05, 0) is 12.1 Å². The van der Waals surface area contributed by atoms with Gasteiger partial charge in [0.2, 0.25) is 0 Å². The Morgan fingerprint density at radius 1 is 1.07 bits per heavy atom. The van der Waals surface area contributed by atoms with E-state index >= 15 is 0 Å². The van der Waals surface area contributed by atoms with Crippen LogP contribution < -0.4 is 0 Å². The van der Waals surface area contributed by atoms with Crippen LogP contribution in [-0.4, -0.2) is 42.5 Å². The van der Waals surface area contributed by atoms with Gasteiger partial charge in [0.1, 0.15) is 4.90 Å². The van der Waals surface area contributed by atoms with Crippen molar-refractivity contribution >= 4 is 74.5 Å². The Bertz CT molecular complexity index is 446. The summed E-state index contributed by atoms with van der Waals surface area (Å²) in [5, 5.41) is -0.255. The average Bonchev–Trinajstić information content (AvgIpc) is 1.98. The first-order chi connectivity index (χ1) is 5.84. The molecule has 0 atom stereocenters. The van der Waals surface area contributed by atoms with Crippen molar-refractivity contribution < 1.29 is 13.0 Å². The Morgan fingerprint density at radius 3 is 2.00 bits per heavy atom. The zero-order valence-corrected chi connectivity index (χ0v) is 9.04. The second-order valence-corrected chi connectivity index (χ2v) is 4.70. The number of hydrogen-bond acceptors (Lipinski definition) is 2. The number of rotatable bonds is 1. The molecule has 0 aliphatic carbocycles. The Kier molecular flexibility index (Phi) is 5.75. The van der Waals surface area contributed by atoms with Gasteiger partial charge in [-0.2, -0.15) is 8.42 Å². The van der Waals surface area contributed by atoms with E-state index in [9.17, 15) is 8.42 Å². The topological polar surface area (TPSA) is 54.4 Å². The van der Waals surface area contributed by atoms with E-state index in [0.717, 1.165) is 6.07 Å². The summed E-state index contributed by atoms with van der Waals surface area (Å²) in [6, 6.07) is 2.31. The van der Waals surface area contributed by atoms with Crippen LogP contribution in [0.1, 0.15) is 0 Å². The summed E-state index contributed by atoms with van der Waals surface area (Å²) in [6.07, 6.45) is 0. The Hall–Kier alpha value is 1.000. The van der Waals surface area contributed by atoms with Gasteiger partial charge in [-0.1, -0.05) is 34.8 Å². The maximum atomic E-state index is 10.7. The van der Waals surface area contributed by atoms with Gasteiger partial charge in [-0.15, -0.1) is 0 Å². The summed E-state index contributed by atoms with van der Waals surface area (Å²) in [5.74, 6) is 0. The fourth-order valence-electron chi connectivity index (χ4n) is 0.707. The molecule has 1 aromatic rings. The van der Waals surface area contributed by atoms with Crippen LogP contribution in [-0.2, 0) is 10.1 Å². The summed E-state index contributed by atoms with van der Waals surface area (Å²) in [4.78, 5) is -0.455. The average molecular weight is 286 g/mol. The molecule has 0 aliphatic heterocycles. The van der Waals surface area contributed by atoms with Crippen molar-refractivity contribution in [3.05, 3.63) is 27.2 Å². The molecule has 0 saturated heterocycles. The third-order valence-electron chi connectivity index (χ3n) is 1.28. The molecule has 8 heteroatoms. The summed E-state index contributed by atoms with van der Waals surface area (Å²) in [7, 11) is -4.35. The van der Waals surface area contributed by atoms with E-state index < -0.39 is 15.0 Å². The van der Waals surface area contributed by atoms with E-state index in [1.807, 2.05) is 0 Å². The van der Waals surface area contributed by atoms with Crippen molar-refractivity contribution in [1.29, 1.82) is 0 Å². The van der Waals surface area contributed by atoms with Gasteiger partial charge in [0.15, 0.2) is 0 Å². The zero-order valence-electron chi connectivity index (χ0n) is 5.96. The third kappa shape index (κ3) is 3.25. The Morgan fingerprint density at radius 2 is 1.57 bits per heavy atom. The molecule has 1 N–H and O–H groups in total. The van der Waals surface area contributed by atoms with Crippen LogP contribution in [0.4, 0.5) is 0 Å². The van der Waals surface area contributed by atoms with E-state index in [2.05, 4.69) is 0 Å². The first kappa shape index (κ1) is 15.0. The first-order valence-corrected chi connectivity index (χ1v) is 5.52. The Balaban J connectivity index is 0.00000169. The normalized spacial score (nSPS) is 10.9. The van der Waals surface area contributed by atoms with Crippen molar-refractivity contribution in [2.24, 2.45) is 0 Å². The van der Waals surface area contributed by atoms with E-state index in [-0.39, 0.29) is 44.6 Å². The van der Waals surface area contributed by atoms with Crippen LogP contribution >= 0.6 is 34.8 Å². The molecular formula is C6H4Cl3NaO3S. The van der Waals surface area contributed by atoms with Crippen LogP contribution in [0, 0.1) is 0 Å². The fourth-order valence-corrected chi connectivity index (χ4v) is 2.16. The second kappa shape index (κ2) is 5.37. The third-order valence-corrected chi connectivity index (χ3v) is 3.58. The van der Waals surface area contributed by atoms with E-state index in [4.69, 9.17) is 39.4 Å². The van der Waals surface area contributed by atoms with Gasteiger partial charge in [-0.3, -0.25) is 4.55 Å². The molecular weight excluding hydrogens is 281 g/mol. The number of halogens is 3. The molecule has 0 fully saturated rings. The predicted octanol–water partition coefficient (Wildman–Crippen LogP) is 2.24. The van der Waals surface area contributed by atoms with E-state index in [1.54, 1.807) is 0 Å². The first-order valence-electron chi connectivity index (χ1n) is 2.95. The summed E-state index contributed by atoms with van der Waals surface area (Å²) < 4.78 is 30.0. The van der Waals surface area contributed by atoms with Crippen LogP contribution in [0.15, 0.2) is 17.0 Å². The van der Waals surface area contributed by atoms with Crippen LogP contribution in [0.2, 0.25) is 15.1 Å². The second-order valence-electron chi connectivity index (χ2n) is 2.15. The molecule has 74 valence electrons. The molecule has 0 radical (unpaired) electrons. The molecule has 0 unspecified atom stereocenters. The zero-order chi connectivity index (χ0) is 10.2. The number of benzene rings is 1. The van der Waals surface area contributed by atoms with Gasteiger partial charge in [0, 0.05) is 0 Å². The van der Waals surface area contributed by atoms with E-state index in [1.165, 1.54) is 6.07 Å². The molecule has 0 aromatic heterocycles. The van der Waals surface area contributed by atoms with Gasteiger partial charge < -0.3 is 0 Å². The summed E-state index contributed by atoms with van der Waals surface area (Å²) in [6.45, 7) is 0. The molecule has 0 amide bonds. The quantitative estimate of drug-likeness (QED) is 0.489. The van der Waals surface area contributed by atoms with Gasteiger partial charge >= 0.3 is 29.6 Å². The minimum atomic E-state index is -4.35. The molecule has 14 heavy (non-hydrogen) atoms. The summed E-state index contributed by atoms with van der Waals surface area (Å²) >= 11 is 16.6.